The van der Waals surface area contributed by atoms with Crippen molar-refractivity contribution in [2.45, 2.75) is 12.5 Å². The molecule has 2 rings (SSSR count). The van der Waals surface area contributed by atoms with Crippen LogP contribution in [0.5, 0.6) is 0 Å². The first kappa shape index (κ1) is 13.2. The number of aliphatic hydroxyl groups excluding tert-OH is 1. The summed E-state index contributed by atoms with van der Waals surface area (Å²) in [6, 6.07) is 1.54. The molecule has 0 radical (unpaired) electrons. The highest BCUT2D eigenvalue weighted by Gasteiger charge is 2.29. The lowest BCUT2D eigenvalue weighted by Gasteiger charge is -2.16. The van der Waals surface area contributed by atoms with E-state index in [1.807, 2.05) is 0 Å². The molecule has 0 spiro atoms. The highest BCUT2D eigenvalue weighted by molar-refractivity contribution is 6.01. The Morgan fingerprint density at radius 3 is 2.79 bits per heavy atom. The number of β-amino-alcohol motifs (C(OH)–C–C–N with tert-alkyl or cyclic N) is 1. The summed E-state index contributed by atoms with van der Waals surface area (Å²) in [5, 5.41) is 20.1. The Labute approximate surface area is 107 Å². The van der Waals surface area contributed by atoms with E-state index < -0.39 is 28.4 Å². The number of nitrogen functional groups attached to an aromatic ring is 1. The molecule has 1 saturated heterocycles. The molecule has 0 aliphatic carbocycles. The molecule has 1 aromatic carbocycles. The number of anilines is 1. The fraction of sp³-hybridized carbons (Fsp3) is 0.364. The first-order valence-electron chi connectivity index (χ1n) is 5.61. The van der Waals surface area contributed by atoms with Gasteiger partial charge >= 0.3 is 0 Å². The Kier molecular flexibility index (Phi) is 3.34. The Morgan fingerprint density at radius 2 is 2.26 bits per heavy atom. The van der Waals surface area contributed by atoms with Gasteiger partial charge in [0.25, 0.3) is 11.6 Å². The maximum Gasteiger partial charge on any atom is 0.295 e. The fourth-order valence-corrected chi connectivity index (χ4v) is 2.03. The van der Waals surface area contributed by atoms with Gasteiger partial charge in [-0.05, 0) is 12.5 Å². The second kappa shape index (κ2) is 4.81. The molecule has 0 bridgehead atoms. The molecule has 8 heteroatoms. The molecular formula is C11H12FN3O4. The van der Waals surface area contributed by atoms with Crippen molar-refractivity contribution in [1.82, 2.24) is 4.90 Å². The monoisotopic (exact) mass is 269 g/mol. The lowest BCUT2D eigenvalue weighted by atomic mass is 10.1. The molecule has 19 heavy (non-hydrogen) atoms. The van der Waals surface area contributed by atoms with Crippen LogP contribution in [0.25, 0.3) is 0 Å². The number of nitro benzene ring substituents is 1. The van der Waals surface area contributed by atoms with Gasteiger partial charge in [-0.1, -0.05) is 0 Å². The quantitative estimate of drug-likeness (QED) is 0.462. The number of nitrogens with two attached hydrogens (primary N) is 1. The van der Waals surface area contributed by atoms with Crippen molar-refractivity contribution in [3.63, 3.8) is 0 Å². The lowest BCUT2D eigenvalue weighted by molar-refractivity contribution is -0.384. The number of hydrogen-bond acceptors (Lipinski definition) is 5. The average Bonchev–Trinajstić information content (AvgIpc) is 2.77. The molecule has 1 fully saturated rings. The summed E-state index contributed by atoms with van der Waals surface area (Å²) in [6.45, 7) is 0.423. The second-order valence-electron chi connectivity index (χ2n) is 4.34. The van der Waals surface area contributed by atoms with Crippen molar-refractivity contribution in [3.05, 3.63) is 33.6 Å². The molecular weight excluding hydrogens is 257 g/mol. The zero-order valence-corrected chi connectivity index (χ0v) is 9.88. The molecule has 7 nitrogen and oxygen atoms in total. The van der Waals surface area contributed by atoms with E-state index in [2.05, 4.69) is 0 Å². The summed E-state index contributed by atoms with van der Waals surface area (Å²) in [6.07, 6.45) is -0.211. The Bertz CT molecular complexity index is 549. The first-order chi connectivity index (χ1) is 8.90. The van der Waals surface area contributed by atoms with Gasteiger partial charge in [0.1, 0.15) is 11.5 Å². The van der Waals surface area contributed by atoms with Gasteiger partial charge in [0.05, 0.1) is 22.7 Å². The van der Waals surface area contributed by atoms with E-state index in [-0.39, 0.29) is 17.8 Å². The third kappa shape index (κ3) is 2.48. The van der Waals surface area contributed by atoms with Crippen LogP contribution in [0, 0.1) is 15.9 Å². The maximum atomic E-state index is 13.3. The topological polar surface area (TPSA) is 110 Å². The van der Waals surface area contributed by atoms with Crippen LogP contribution < -0.4 is 5.73 Å². The van der Waals surface area contributed by atoms with Crippen molar-refractivity contribution >= 4 is 17.3 Å². The first-order valence-corrected chi connectivity index (χ1v) is 5.61. The summed E-state index contributed by atoms with van der Waals surface area (Å²) >= 11 is 0. The minimum atomic E-state index is -0.899. The number of amides is 1. The number of halogens is 1. The number of likely N-dealkylation sites (tertiary alicyclic amines) is 1. The van der Waals surface area contributed by atoms with Crippen LogP contribution in [-0.4, -0.2) is 40.0 Å². The van der Waals surface area contributed by atoms with E-state index in [0.29, 0.717) is 19.0 Å². The van der Waals surface area contributed by atoms with Crippen LogP contribution in [0.15, 0.2) is 12.1 Å². The van der Waals surface area contributed by atoms with Crippen LogP contribution in [0.3, 0.4) is 0 Å². The third-order valence-corrected chi connectivity index (χ3v) is 3.00. The van der Waals surface area contributed by atoms with Gasteiger partial charge in [-0.3, -0.25) is 14.9 Å². The normalized spacial score (nSPS) is 18.6. The number of rotatable bonds is 2. The summed E-state index contributed by atoms with van der Waals surface area (Å²) in [5.41, 5.74) is 4.29. The molecule has 1 aliphatic heterocycles. The van der Waals surface area contributed by atoms with Gasteiger partial charge in [-0.25, -0.2) is 4.39 Å². The molecule has 1 atom stereocenters. The van der Waals surface area contributed by atoms with Crippen molar-refractivity contribution in [2.24, 2.45) is 0 Å². The average molecular weight is 269 g/mol. The van der Waals surface area contributed by atoms with Gasteiger partial charge in [0.15, 0.2) is 0 Å². The van der Waals surface area contributed by atoms with E-state index in [9.17, 15) is 24.4 Å². The zero-order valence-electron chi connectivity index (χ0n) is 9.88. The minimum Gasteiger partial charge on any atom is -0.393 e. The predicted molar refractivity (Wildman–Crippen MR) is 64.0 cm³/mol. The molecule has 0 unspecified atom stereocenters. The summed E-state index contributed by atoms with van der Waals surface area (Å²) < 4.78 is 13.3. The number of nitro groups is 1. The number of aliphatic hydroxyl groups is 1. The molecule has 3 N–H and O–H groups in total. The minimum absolute atomic E-state index is 0.114. The third-order valence-electron chi connectivity index (χ3n) is 3.00. The number of benzene rings is 1. The van der Waals surface area contributed by atoms with Gasteiger partial charge in [0.2, 0.25) is 0 Å². The second-order valence-corrected chi connectivity index (χ2v) is 4.34. The highest BCUT2D eigenvalue weighted by atomic mass is 19.1. The van der Waals surface area contributed by atoms with Crippen LogP contribution >= 0.6 is 0 Å². The molecule has 0 aromatic heterocycles. The molecule has 1 heterocycles. The Balaban J connectivity index is 2.39. The Hall–Kier alpha value is -2.22. The van der Waals surface area contributed by atoms with Gasteiger partial charge in [-0.2, -0.15) is 0 Å². The SMILES string of the molecule is Nc1c(C(=O)N2CC[C@@H](O)C2)cc(F)cc1[N+](=O)[O-]. The van der Waals surface area contributed by atoms with E-state index >= 15 is 0 Å². The predicted octanol–water partition coefficient (Wildman–Crippen LogP) is 0.523. The zero-order chi connectivity index (χ0) is 14.2. The van der Waals surface area contributed by atoms with E-state index in [1.54, 1.807) is 0 Å². The molecule has 102 valence electrons. The molecule has 1 aromatic rings. The van der Waals surface area contributed by atoms with Crippen LogP contribution in [0.1, 0.15) is 16.8 Å². The number of carbonyl (C=O) groups is 1. The largest absolute Gasteiger partial charge is 0.393 e. The summed E-state index contributed by atoms with van der Waals surface area (Å²) in [7, 11) is 0. The number of hydrogen-bond donors (Lipinski definition) is 2. The van der Waals surface area contributed by atoms with Gasteiger partial charge < -0.3 is 15.7 Å². The number of carbonyl (C=O) groups excluding carboxylic acids is 1. The summed E-state index contributed by atoms with van der Waals surface area (Å²) in [4.78, 5) is 23.3. The molecule has 1 aliphatic rings. The highest BCUT2D eigenvalue weighted by Crippen LogP contribution is 2.28. The van der Waals surface area contributed by atoms with Crippen LogP contribution in [0.2, 0.25) is 0 Å². The van der Waals surface area contributed by atoms with Gasteiger partial charge in [-0.15, -0.1) is 0 Å². The lowest BCUT2D eigenvalue weighted by Crippen LogP contribution is -2.30. The maximum absolute atomic E-state index is 13.3. The van der Waals surface area contributed by atoms with E-state index in [1.165, 1.54) is 4.90 Å². The van der Waals surface area contributed by atoms with E-state index in [4.69, 9.17) is 5.73 Å². The Morgan fingerprint density at radius 1 is 1.58 bits per heavy atom. The van der Waals surface area contributed by atoms with Crippen molar-refractivity contribution < 1.29 is 19.2 Å². The van der Waals surface area contributed by atoms with Crippen molar-refractivity contribution in [2.75, 3.05) is 18.8 Å². The fourth-order valence-electron chi connectivity index (χ4n) is 2.03. The molecule has 0 saturated carbocycles. The standard InChI is InChI=1S/C11H12FN3O4/c12-6-3-8(10(13)9(4-6)15(18)19)11(17)14-2-1-7(16)5-14/h3-4,7,16H,1-2,5,13H2/t7-/m1/s1. The van der Waals surface area contributed by atoms with Gasteiger partial charge in [0, 0.05) is 13.1 Å². The smallest absolute Gasteiger partial charge is 0.295 e. The van der Waals surface area contributed by atoms with Crippen LogP contribution in [0.4, 0.5) is 15.8 Å². The summed E-state index contributed by atoms with van der Waals surface area (Å²) in [5.74, 6) is -1.51. The van der Waals surface area contributed by atoms with Crippen LogP contribution in [-0.2, 0) is 0 Å². The van der Waals surface area contributed by atoms with Crippen molar-refractivity contribution in [1.29, 1.82) is 0 Å². The molecule has 1 amide bonds. The van der Waals surface area contributed by atoms with E-state index in [0.717, 1.165) is 6.07 Å². The number of nitrogens with zero attached hydrogens (tertiary/aromatic N) is 2. The van der Waals surface area contributed by atoms with Crippen molar-refractivity contribution in [3.8, 4) is 0 Å².